The molecule has 0 bridgehead atoms. The molecule has 0 spiro atoms. The van der Waals surface area contributed by atoms with E-state index in [0.717, 1.165) is 16.3 Å². The second kappa shape index (κ2) is 6.43. The fourth-order valence-electron chi connectivity index (χ4n) is 1.97. The van der Waals surface area contributed by atoms with Gasteiger partial charge in [0.15, 0.2) is 5.82 Å². The molecule has 0 aliphatic rings. The van der Waals surface area contributed by atoms with Crippen LogP contribution in [0, 0.1) is 0 Å². The van der Waals surface area contributed by atoms with E-state index in [1.54, 1.807) is 12.4 Å². The van der Waals surface area contributed by atoms with Gasteiger partial charge in [-0.3, -0.25) is 5.43 Å². The molecule has 0 amide bonds. The van der Waals surface area contributed by atoms with Crippen LogP contribution >= 0.6 is 0 Å². The highest BCUT2D eigenvalue weighted by Gasteiger charge is 2.00. The summed E-state index contributed by atoms with van der Waals surface area (Å²) in [4.78, 5) is 0. The molecule has 0 saturated heterocycles. The van der Waals surface area contributed by atoms with E-state index >= 15 is 0 Å². The Morgan fingerprint density at radius 3 is 2.67 bits per heavy atom. The SMILES string of the molecule is C(/C=C/c1ccccc1)=N/Nc1nncc2ccccc12. The largest absolute Gasteiger partial charge is 0.259 e. The number of allylic oxidation sites excluding steroid dienone is 1. The maximum absolute atomic E-state index is 4.14. The van der Waals surface area contributed by atoms with Gasteiger partial charge in [-0.15, -0.1) is 5.10 Å². The number of aromatic nitrogens is 2. The van der Waals surface area contributed by atoms with Crippen LogP contribution in [0.15, 0.2) is 72.0 Å². The van der Waals surface area contributed by atoms with Crippen molar-refractivity contribution in [2.45, 2.75) is 0 Å². The van der Waals surface area contributed by atoms with Crippen LogP contribution in [0.5, 0.6) is 0 Å². The lowest BCUT2D eigenvalue weighted by Crippen LogP contribution is -1.95. The molecule has 3 aromatic rings. The first-order valence-corrected chi connectivity index (χ1v) is 6.65. The maximum atomic E-state index is 4.14. The molecule has 0 unspecified atom stereocenters. The van der Waals surface area contributed by atoms with Crippen molar-refractivity contribution in [1.29, 1.82) is 0 Å². The normalized spacial score (nSPS) is 11.4. The first-order valence-electron chi connectivity index (χ1n) is 6.65. The van der Waals surface area contributed by atoms with Gasteiger partial charge in [-0.25, -0.2) is 0 Å². The first-order chi connectivity index (χ1) is 10.4. The summed E-state index contributed by atoms with van der Waals surface area (Å²) in [6, 6.07) is 18.0. The number of hydrogen-bond donors (Lipinski definition) is 1. The number of fused-ring (bicyclic) bond motifs is 1. The van der Waals surface area contributed by atoms with Crippen molar-refractivity contribution < 1.29 is 0 Å². The van der Waals surface area contributed by atoms with Gasteiger partial charge in [-0.2, -0.15) is 10.2 Å². The van der Waals surface area contributed by atoms with Gasteiger partial charge in [-0.05, 0) is 11.6 Å². The van der Waals surface area contributed by atoms with Crippen LogP contribution in [0.1, 0.15) is 5.56 Å². The smallest absolute Gasteiger partial charge is 0.176 e. The molecule has 0 radical (unpaired) electrons. The van der Waals surface area contributed by atoms with Gasteiger partial charge < -0.3 is 0 Å². The molecule has 3 rings (SSSR count). The highest BCUT2D eigenvalue weighted by molar-refractivity contribution is 5.91. The Kier molecular flexibility index (Phi) is 3.98. The summed E-state index contributed by atoms with van der Waals surface area (Å²) in [6.45, 7) is 0. The van der Waals surface area contributed by atoms with E-state index in [2.05, 4.69) is 20.7 Å². The third-order valence-corrected chi connectivity index (χ3v) is 2.99. The summed E-state index contributed by atoms with van der Waals surface area (Å²) in [5.41, 5.74) is 4.05. The fourth-order valence-corrected chi connectivity index (χ4v) is 1.97. The number of rotatable bonds is 4. The molecule has 21 heavy (non-hydrogen) atoms. The lowest BCUT2D eigenvalue weighted by Gasteiger charge is -2.02. The van der Waals surface area contributed by atoms with Crippen LogP contribution in [-0.4, -0.2) is 16.4 Å². The molecule has 0 aliphatic heterocycles. The second-order valence-electron chi connectivity index (χ2n) is 4.44. The van der Waals surface area contributed by atoms with Crippen LogP contribution in [-0.2, 0) is 0 Å². The third kappa shape index (κ3) is 3.30. The fraction of sp³-hybridized carbons (Fsp3) is 0. The minimum Gasteiger partial charge on any atom is -0.259 e. The molecule has 0 aliphatic carbocycles. The summed E-state index contributed by atoms with van der Waals surface area (Å²) < 4.78 is 0. The van der Waals surface area contributed by atoms with Crippen LogP contribution in [0.4, 0.5) is 5.82 Å². The lowest BCUT2D eigenvalue weighted by atomic mass is 10.2. The van der Waals surface area contributed by atoms with Crippen molar-refractivity contribution in [3.8, 4) is 0 Å². The van der Waals surface area contributed by atoms with Crippen molar-refractivity contribution in [2.75, 3.05) is 5.43 Å². The average Bonchev–Trinajstić information content (AvgIpc) is 2.56. The maximum Gasteiger partial charge on any atom is 0.176 e. The van der Waals surface area contributed by atoms with Gasteiger partial charge in [-0.1, -0.05) is 60.7 Å². The Labute approximate surface area is 122 Å². The summed E-state index contributed by atoms with van der Waals surface area (Å²) in [6.07, 6.45) is 7.29. The van der Waals surface area contributed by atoms with Crippen LogP contribution in [0.25, 0.3) is 16.8 Å². The van der Waals surface area contributed by atoms with Gasteiger partial charge >= 0.3 is 0 Å². The molecule has 2 aromatic carbocycles. The number of benzene rings is 2. The van der Waals surface area contributed by atoms with E-state index in [4.69, 9.17) is 0 Å². The molecule has 102 valence electrons. The number of nitrogens with one attached hydrogen (secondary N) is 1. The van der Waals surface area contributed by atoms with Crippen LogP contribution < -0.4 is 5.43 Å². The van der Waals surface area contributed by atoms with Gasteiger partial charge in [0.2, 0.25) is 0 Å². The van der Waals surface area contributed by atoms with Crippen molar-refractivity contribution in [2.24, 2.45) is 5.10 Å². The van der Waals surface area contributed by atoms with Gasteiger partial charge in [0, 0.05) is 17.0 Å². The lowest BCUT2D eigenvalue weighted by molar-refractivity contribution is 1.04. The van der Waals surface area contributed by atoms with E-state index in [1.165, 1.54) is 0 Å². The zero-order chi connectivity index (χ0) is 14.3. The standard InChI is InChI=1S/C17H14N4/c1-2-7-14(8-3-1)9-6-12-18-20-17-16-11-5-4-10-15(16)13-19-21-17/h1-13H,(H,20,21)/b9-6+,18-12-. The highest BCUT2D eigenvalue weighted by Crippen LogP contribution is 2.18. The molecular weight excluding hydrogens is 260 g/mol. The molecule has 4 heteroatoms. The quantitative estimate of drug-likeness (QED) is 0.582. The summed E-state index contributed by atoms with van der Waals surface area (Å²) in [5.74, 6) is 0.650. The third-order valence-electron chi connectivity index (χ3n) is 2.99. The summed E-state index contributed by atoms with van der Waals surface area (Å²) >= 11 is 0. The number of nitrogens with zero attached hydrogens (tertiary/aromatic N) is 3. The number of hydrazone groups is 1. The molecule has 1 aromatic heterocycles. The van der Waals surface area contributed by atoms with Crippen molar-refractivity contribution >= 4 is 28.9 Å². The Morgan fingerprint density at radius 1 is 0.952 bits per heavy atom. The van der Waals surface area contributed by atoms with E-state index in [1.807, 2.05) is 66.7 Å². The average molecular weight is 274 g/mol. The molecule has 1 N–H and O–H groups in total. The van der Waals surface area contributed by atoms with Crippen LogP contribution in [0.3, 0.4) is 0 Å². The topological polar surface area (TPSA) is 50.2 Å². The minimum atomic E-state index is 0.650. The van der Waals surface area contributed by atoms with E-state index in [0.29, 0.717) is 5.82 Å². The summed E-state index contributed by atoms with van der Waals surface area (Å²) in [5, 5.41) is 14.2. The minimum absolute atomic E-state index is 0.650. The zero-order valence-electron chi connectivity index (χ0n) is 11.3. The van der Waals surface area contributed by atoms with Gasteiger partial charge in [0.25, 0.3) is 0 Å². The Bertz CT molecular complexity index is 774. The molecule has 0 fully saturated rings. The molecule has 1 heterocycles. The first kappa shape index (κ1) is 13.0. The number of anilines is 1. The van der Waals surface area contributed by atoms with Gasteiger partial charge in [0.1, 0.15) is 0 Å². The highest BCUT2D eigenvalue weighted by atomic mass is 15.3. The number of hydrogen-bond acceptors (Lipinski definition) is 4. The predicted molar refractivity (Wildman–Crippen MR) is 87.1 cm³/mol. The van der Waals surface area contributed by atoms with Crippen molar-refractivity contribution in [3.63, 3.8) is 0 Å². The Balaban J connectivity index is 1.69. The monoisotopic (exact) mass is 274 g/mol. The molecular formula is C17H14N4. The zero-order valence-corrected chi connectivity index (χ0v) is 11.3. The van der Waals surface area contributed by atoms with E-state index in [-0.39, 0.29) is 0 Å². The summed E-state index contributed by atoms with van der Waals surface area (Å²) in [7, 11) is 0. The van der Waals surface area contributed by atoms with Gasteiger partial charge in [0.05, 0.1) is 6.20 Å². The Morgan fingerprint density at radius 2 is 1.76 bits per heavy atom. The molecule has 4 nitrogen and oxygen atoms in total. The van der Waals surface area contributed by atoms with Crippen LogP contribution in [0.2, 0.25) is 0 Å². The molecule has 0 saturated carbocycles. The molecule has 0 atom stereocenters. The predicted octanol–water partition coefficient (Wildman–Crippen LogP) is 3.74. The van der Waals surface area contributed by atoms with E-state index < -0.39 is 0 Å². The van der Waals surface area contributed by atoms with Crippen molar-refractivity contribution in [3.05, 3.63) is 72.4 Å². The second-order valence-corrected chi connectivity index (χ2v) is 4.44. The van der Waals surface area contributed by atoms with Crippen molar-refractivity contribution in [1.82, 2.24) is 10.2 Å². The van der Waals surface area contributed by atoms with E-state index in [9.17, 15) is 0 Å². The Hall–Kier alpha value is -3.01.